The highest BCUT2D eigenvalue weighted by atomic mass is 32.2. The molecule has 18 heavy (non-hydrogen) atoms. The molecule has 0 N–H and O–H groups in total. The maximum Gasteiger partial charge on any atom is 0.268 e. The van der Waals surface area contributed by atoms with Gasteiger partial charge >= 0.3 is 0 Å². The lowest BCUT2D eigenvalue weighted by molar-refractivity contribution is -0.305. The molecule has 7 heteroatoms. The van der Waals surface area contributed by atoms with Crippen molar-refractivity contribution in [1.29, 1.82) is 0 Å². The van der Waals surface area contributed by atoms with E-state index in [9.17, 15) is 14.7 Å². The maximum atomic E-state index is 12.1. The minimum absolute atomic E-state index is 0.239. The smallest absolute Gasteiger partial charge is 0.268 e. The number of carbonyl (C=O) groups excluding carboxylic acids is 2. The topological polar surface area (TPSA) is 63.7 Å². The lowest BCUT2D eigenvalue weighted by Crippen LogP contribution is -2.40. The Morgan fingerprint density at radius 2 is 2.22 bits per heavy atom. The van der Waals surface area contributed by atoms with Crippen LogP contribution in [0.1, 0.15) is 0 Å². The molecule has 1 fully saturated rings. The Labute approximate surface area is 113 Å². The van der Waals surface area contributed by atoms with Crippen molar-refractivity contribution < 1.29 is 14.7 Å². The van der Waals surface area contributed by atoms with E-state index < -0.39 is 18.4 Å². The van der Waals surface area contributed by atoms with Crippen LogP contribution in [0.2, 0.25) is 0 Å². The first-order chi connectivity index (χ1) is 8.50. The molecule has 2 rings (SSSR count). The standard InChI is InChI=1S/C11H10N2O3S2/c1-12-5-3-2-4-7(12)9-10(16)13(6-8(14)15)11(17)18-9/h2-5H,6H2,1H3,(H,14,15)/p-1/b9-7+. The SMILES string of the molecule is CN1C=CC=C/C1=C1\SC(=S)N(CC(=O)[O-])C1=O. The molecular weight excluding hydrogens is 272 g/mol. The highest BCUT2D eigenvalue weighted by molar-refractivity contribution is 8.26. The van der Waals surface area contributed by atoms with Gasteiger partial charge in [-0.2, -0.15) is 0 Å². The summed E-state index contributed by atoms with van der Waals surface area (Å²) in [7, 11) is 1.81. The lowest BCUT2D eigenvalue weighted by Gasteiger charge is -2.19. The van der Waals surface area contributed by atoms with Crippen LogP contribution in [0.4, 0.5) is 0 Å². The predicted molar refractivity (Wildman–Crippen MR) is 70.0 cm³/mol. The molecule has 1 saturated heterocycles. The molecule has 2 aliphatic heterocycles. The quantitative estimate of drug-likeness (QED) is 0.517. The molecule has 0 saturated carbocycles. The Morgan fingerprint density at radius 3 is 2.83 bits per heavy atom. The van der Waals surface area contributed by atoms with Gasteiger partial charge in [-0.3, -0.25) is 9.69 Å². The number of rotatable bonds is 2. The number of thioether (sulfide) groups is 1. The summed E-state index contributed by atoms with van der Waals surface area (Å²) in [6, 6.07) is 0. The van der Waals surface area contributed by atoms with Gasteiger partial charge in [0.05, 0.1) is 18.2 Å². The van der Waals surface area contributed by atoms with Crippen LogP contribution in [0.15, 0.2) is 35.0 Å². The van der Waals surface area contributed by atoms with Gasteiger partial charge in [0.25, 0.3) is 5.91 Å². The summed E-state index contributed by atoms with van der Waals surface area (Å²) in [6.45, 7) is -0.509. The molecule has 0 aromatic heterocycles. The summed E-state index contributed by atoms with van der Waals surface area (Å²) >= 11 is 6.11. The van der Waals surface area contributed by atoms with Crippen LogP contribution in [-0.2, 0) is 9.59 Å². The number of amides is 1. The molecule has 94 valence electrons. The van der Waals surface area contributed by atoms with Crippen LogP contribution < -0.4 is 5.11 Å². The van der Waals surface area contributed by atoms with Crippen molar-refractivity contribution in [1.82, 2.24) is 9.80 Å². The van der Waals surface area contributed by atoms with E-state index in [-0.39, 0.29) is 4.32 Å². The zero-order valence-corrected chi connectivity index (χ0v) is 11.1. The van der Waals surface area contributed by atoms with Gasteiger partial charge in [-0.1, -0.05) is 30.1 Å². The van der Waals surface area contributed by atoms with Crippen LogP contribution in [0.3, 0.4) is 0 Å². The first-order valence-corrected chi connectivity index (χ1v) is 6.28. The average Bonchev–Trinajstić information content (AvgIpc) is 2.57. The number of likely N-dealkylation sites (N-methyl/N-ethyl adjacent to an activating group) is 1. The monoisotopic (exact) mass is 281 g/mol. The van der Waals surface area contributed by atoms with Crippen molar-refractivity contribution in [3.8, 4) is 0 Å². The summed E-state index contributed by atoms with van der Waals surface area (Å²) in [6.07, 6.45) is 7.23. The van der Waals surface area contributed by atoms with E-state index in [1.165, 1.54) is 0 Å². The van der Waals surface area contributed by atoms with Gasteiger partial charge < -0.3 is 14.8 Å². The number of nitrogens with zero attached hydrogens (tertiary/aromatic N) is 2. The first-order valence-electron chi connectivity index (χ1n) is 5.06. The molecule has 0 atom stereocenters. The second-order valence-electron chi connectivity index (χ2n) is 3.66. The summed E-state index contributed by atoms with van der Waals surface area (Å²) in [5.41, 5.74) is 0.704. The number of hydrogen-bond donors (Lipinski definition) is 0. The average molecular weight is 281 g/mol. The van der Waals surface area contributed by atoms with Crippen molar-refractivity contribution in [3.05, 3.63) is 35.0 Å². The zero-order valence-electron chi connectivity index (χ0n) is 9.45. The molecule has 0 unspecified atom stereocenters. The largest absolute Gasteiger partial charge is 0.548 e. The highest BCUT2D eigenvalue weighted by Gasteiger charge is 2.34. The van der Waals surface area contributed by atoms with Gasteiger partial charge in [0.2, 0.25) is 0 Å². The number of carbonyl (C=O) groups is 2. The van der Waals surface area contributed by atoms with Gasteiger partial charge in [-0.15, -0.1) is 0 Å². The third-order valence-electron chi connectivity index (χ3n) is 2.42. The van der Waals surface area contributed by atoms with Gasteiger partial charge in [0.15, 0.2) is 0 Å². The van der Waals surface area contributed by atoms with Crippen LogP contribution in [0, 0.1) is 0 Å². The van der Waals surface area contributed by atoms with Crippen LogP contribution in [0.25, 0.3) is 0 Å². The number of carboxylic acid groups (broad SMARTS) is 1. The fourth-order valence-electron chi connectivity index (χ4n) is 1.58. The Balaban J connectivity index is 2.33. The third kappa shape index (κ3) is 2.32. The molecule has 2 heterocycles. The van der Waals surface area contributed by atoms with Crippen molar-refractivity contribution in [2.24, 2.45) is 0 Å². The Morgan fingerprint density at radius 1 is 1.50 bits per heavy atom. The third-order valence-corrected chi connectivity index (χ3v) is 3.88. The van der Waals surface area contributed by atoms with E-state index in [4.69, 9.17) is 12.2 Å². The van der Waals surface area contributed by atoms with Crippen molar-refractivity contribution in [2.45, 2.75) is 0 Å². The summed E-state index contributed by atoms with van der Waals surface area (Å²) in [5.74, 6) is -1.72. The van der Waals surface area contributed by atoms with Gasteiger partial charge in [0, 0.05) is 13.2 Å². The van der Waals surface area contributed by atoms with E-state index in [0.717, 1.165) is 16.7 Å². The molecule has 0 aromatic rings. The van der Waals surface area contributed by atoms with Crippen molar-refractivity contribution in [2.75, 3.05) is 13.6 Å². The molecule has 0 radical (unpaired) electrons. The van der Waals surface area contributed by atoms with E-state index in [1.807, 2.05) is 6.08 Å². The van der Waals surface area contributed by atoms with Crippen molar-refractivity contribution in [3.63, 3.8) is 0 Å². The second kappa shape index (κ2) is 4.95. The molecular formula is C11H9N2O3S2-. The van der Waals surface area contributed by atoms with E-state index in [1.54, 1.807) is 30.3 Å². The molecule has 0 aromatic carbocycles. The number of aliphatic carboxylic acids is 1. The van der Waals surface area contributed by atoms with E-state index in [2.05, 4.69) is 0 Å². The minimum Gasteiger partial charge on any atom is -0.548 e. The highest BCUT2D eigenvalue weighted by Crippen LogP contribution is 2.35. The normalized spacial score (nSPS) is 23.2. The Bertz CT molecular complexity index is 522. The van der Waals surface area contributed by atoms with Crippen LogP contribution in [0.5, 0.6) is 0 Å². The molecule has 0 bridgehead atoms. The van der Waals surface area contributed by atoms with Gasteiger partial charge in [-0.05, 0) is 12.2 Å². The number of thiocarbonyl (C=S) groups is 1. The lowest BCUT2D eigenvalue weighted by atomic mass is 10.2. The van der Waals surface area contributed by atoms with Crippen LogP contribution in [-0.4, -0.2) is 39.6 Å². The number of carboxylic acids is 1. The minimum atomic E-state index is -1.33. The predicted octanol–water partition coefficient (Wildman–Crippen LogP) is -0.177. The van der Waals surface area contributed by atoms with Crippen molar-refractivity contribution >= 4 is 40.2 Å². The molecule has 1 amide bonds. The molecule has 2 aliphatic rings. The second-order valence-corrected chi connectivity index (χ2v) is 5.30. The first kappa shape index (κ1) is 12.8. The Hall–Kier alpha value is -1.60. The number of hydrogen-bond acceptors (Lipinski definition) is 6. The molecule has 5 nitrogen and oxygen atoms in total. The Kier molecular flexibility index (Phi) is 3.53. The van der Waals surface area contributed by atoms with E-state index in [0.29, 0.717) is 10.6 Å². The maximum absolute atomic E-state index is 12.1. The summed E-state index contributed by atoms with van der Waals surface area (Å²) in [5, 5.41) is 10.6. The van der Waals surface area contributed by atoms with Gasteiger partial charge in [0.1, 0.15) is 9.23 Å². The van der Waals surface area contributed by atoms with Crippen LogP contribution >= 0.6 is 24.0 Å². The molecule has 0 spiro atoms. The summed E-state index contributed by atoms with van der Waals surface area (Å²) in [4.78, 5) is 25.9. The molecule has 0 aliphatic carbocycles. The fraction of sp³-hybridized carbons (Fsp3) is 0.182. The fourth-order valence-corrected chi connectivity index (χ4v) is 2.92. The number of allylic oxidation sites excluding steroid dienone is 3. The summed E-state index contributed by atoms with van der Waals surface area (Å²) < 4.78 is 0.239. The van der Waals surface area contributed by atoms with E-state index >= 15 is 0 Å². The van der Waals surface area contributed by atoms with Gasteiger partial charge in [-0.25, -0.2) is 0 Å². The zero-order chi connectivity index (χ0) is 13.3.